The predicted molar refractivity (Wildman–Crippen MR) is 122 cm³/mol. The smallest absolute Gasteiger partial charge is 0.327 e. The van der Waals surface area contributed by atoms with Crippen LogP contribution < -0.4 is 0 Å². The maximum atomic E-state index is 15.9. The van der Waals surface area contributed by atoms with Crippen LogP contribution in [-0.4, -0.2) is 22.5 Å². The van der Waals surface area contributed by atoms with E-state index in [-0.39, 0.29) is 0 Å². The summed E-state index contributed by atoms with van der Waals surface area (Å²) >= 11 is 0. The van der Waals surface area contributed by atoms with Crippen LogP contribution in [0.25, 0.3) is 0 Å². The van der Waals surface area contributed by atoms with Gasteiger partial charge < -0.3 is 4.74 Å². The molecule has 0 aliphatic rings. The Bertz CT molecular complexity index is 898. The average molecular weight is 420 g/mol. The van der Waals surface area contributed by atoms with Gasteiger partial charge in [0.05, 0.1) is 0 Å². The molecule has 2 atom stereocenters. The SMILES string of the molecule is CC(C)(C)OC(=O)[C@H]([C@@H](F)c1ccccc1)N(Cc1ccccc1)Cc1ccccc1. The van der Waals surface area contributed by atoms with Gasteiger partial charge in [0.2, 0.25) is 0 Å². The van der Waals surface area contributed by atoms with Crippen LogP contribution in [0.15, 0.2) is 91.0 Å². The predicted octanol–water partition coefficient (Wildman–Crippen LogP) is 6.11. The van der Waals surface area contributed by atoms with E-state index in [0.717, 1.165) is 11.1 Å². The zero-order chi connectivity index (χ0) is 22.3. The van der Waals surface area contributed by atoms with E-state index in [1.807, 2.05) is 71.6 Å². The first-order valence-corrected chi connectivity index (χ1v) is 10.6. The van der Waals surface area contributed by atoms with Gasteiger partial charge in [-0.25, -0.2) is 4.39 Å². The molecule has 0 spiro atoms. The maximum Gasteiger partial charge on any atom is 0.327 e. The van der Waals surface area contributed by atoms with Gasteiger partial charge in [-0.15, -0.1) is 0 Å². The van der Waals surface area contributed by atoms with E-state index in [4.69, 9.17) is 4.74 Å². The zero-order valence-electron chi connectivity index (χ0n) is 18.4. The minimum absolute atomic E-state index is 0.424. The summed E-state index contributed by atoms with van der Waals surface area (Å²) in [7, 11) is 0. The number of nitrogens with zero attached hydrogens (tertiary/aromatic N) is 1. The Balaban J connectivity index is 2.00. The van der Waals surface area contributed by atoms with E-state index in [2.05, 4.69) is 0 Å². The monoisotopic (exact) mass is 419 g/mol. The van der Waals surface area contributed by atoms with Gasteiger partial charge in [0.25, 0.3) is 0 Å². The Morgan fingerprint density at radius 3 is 1.65 bits per heavy atom. The van der Waals surface area contributed by atoms with E-state index >= 15 is 4.39 Å². The van der Waals surface area contributed by atoms with Gasteiger partial charge in [0, 0.05) is 13.1 Å². The number of esters is 1. The molecule has 0 N–H and O–H groups in total. The number of carbonyl (C=O) groups excluding carboxylic acids is 1. The normalized spacial score (nSPS) is 13.6. The van der Waals surface area contributed by atoms with Crippen LogP contribution in [-0.2, 0) is 22.6 Å². The number of benzene rings is 3. The molecular weight excluding hydrogens is 389 g/mol. The molecule has 31 heavy (non-hydrogen) atoms. The highest BCUT2D eigenvalue weighted by Gasteiger charge is 2.38. The molecule has 0 radical (unpaired) electrons. The van der Waals surface area contributed by atoms with Crippen LogP contribution in [0.2, 0.25) is 0 Å². The first kappa shape index (κ1) is 22.7. The fourth-order valence-electron chi connectivity index (χ4n) is 3.52. The van der Waals surface area contributed by atoms with Crippen molar-refractivity contribution in [1.29, 1.82) is 0 Å². The molecular formula is C27H30FNO2. The minimum atomic E-state index is -1.52. The Hall–Kier alpha value is -2.98. The van der Waals surface area contributed by atoms with Crippen LogP contribution in [0.1, 0.15) is 43.6 Å². The van der Waals surface area contributed by atoms with Gasteiger partial charge >= 0.3 is 5.97 Å². The van der Waals surface area contributed by atoms with Crippen LogP contribution in [0.5, 0.6) is 0 Å². The third-order valence-electron chi connectivity index (χ3n) is 4.89. The first-order chi connectivity index (χ1) is 14.8. The molecule has 3 aromatic carbocycles. The molecule has 0 aromatic heterocycles. The first-order valence-electron chi connectivity index (χ1n) is 10.6. The number of carbonyl (C=O) groups is 1. The van der Waals surface area contributed by atoms with Gasteiger partial charge in [0.1, 0.15) is 11.6 Å². The minimum Gasteiger partial charge on any atom is -0.459 e. The van der Waals surface area contributed by atoms with E-state index in [1.165, 1.54) is 0 Å². The highest BCUT2D eigenvalue weighted by atomic mass is 19.1. The van der Waals surface area contributed by atoms with Crippen molar-refractivity contribution in [2.24, 2.45) is 0 Å². The number of halogens is 1. The van der Waals surface area contributed by atoms with Crippen LogP contribution in [0.4, 0.5) is 4.39 Å². The second-order valence-electron chi connectivity index (χ2n) is 8.67. The topological polar surface area (TPSA) is 29.5 Å². The molecule has 0 saturated heterocycles. The molecule has 162 valence electrons. The molecule has 0 fully saturated rings. The second kappa shape index (κ2) is 10.4. The third-order valence-corrected chi connectivity index (χ3v) is 4.89. The lowest BCUT2D eigenvalue weighted by Gasteiger charge is -2.34. The summed E-state index contributed by atoms with van der Waals surface area (Å²) in [5.74, 6) is -0.560. The van der Waals surface area contributed by atoms with Crippen molar-refractivity contribution in [3.8, 4) is 0 Å². The molecule has 0 aliphatic heterocycles. The maximum absolute atomic E-state index is 15.9. The molecule has 0 bridgehead atoms. The number of hydrogen-bond donors (Lipinski definition) is 0. The van der Waals surface area contributed by atoms with Gasteiger partial charge in [-0.1, -0.05) is 91.0 Å². The lowest BCUT2D eigenvalue weighted by molar-refractivity contribution is -0.165. The molecule has 0 saturated carbocycles. The van der Waals surface area contributed by atoms with Crippen LogP contribution in [0.3, 0.4) is 0 Å². The highest BCUT2D eigenvalue weighted by molar-refractivity contribution is 5.77. The Morgan fingerprint density at radius 2 is 1.23 bits per heavy atom. The van der Waals surface area contributed by atoms with Gasteiger partial charge in [0.15, 0.2) is 6.17 Å². The number of ether oxygens (including phenoxy) is 1. The van der Waals surface area contributed by atoms with E-state index in [1.54, 1.807) is 45.0 Å². The van der Waals surface area contributed by atoms with Gasteiger partial charge in [-0.05, 0) is 37.5 Å². The lowest BCUT2D eigenvalue weighted by Crippen LogP contribution is -2.46. The van der Waals surface area contributed by atoms with Gasteiger partial charge in [-0.2, -0.15) is 0 Å². The van der Waals surface area contributed by atoms with E-state index in [0.29, 0.717) is 18.7 Å². The van der Waals surface area contributed by atoms with Crippen LogP contribution in [0, 0.1) is 0 Å². The summed E-state index contributed by atoms with van der Waals surface area (Å²) in [4.78, 5) is 15.2. The summed E-state index contributed by atoms with van der Waals surface area (Å²) < 4.78 is 21.6. The molecule has 3 nitrogen and oxygen atoms in total. The second-order valence-corrected chi connectivity index (χ2v) is 8.67. The number of rotatable bonds is 8. The van der Waals surface area contributed by atoms with Crippen molar-refractivity contribution in [3.63, 3.8) is 0 Å². The Kier molecular flexibility index (Phi) is 7.59. The summed E-state index contributed by atoms with van der Waals surface area (Å²) in [6, 6.07) is 27.4. The average Bonchev–Trinajstić information content (AvgIpc) is 2.74. The molecule has 3 aromatic rings. The molecule has 0 amide bonds. The standard InChI is InChI=1S/C27H30FNO2/c1-27(2,3)31-26(30)25(24(28)23-17-11-6-12-18-23)29(19-21-13-7-4-8-14-21)20-22-15-9-5-10-16-22/h4-18,24-25H,19-20H2,1-3H3/t24-,25-/m0/s1. The highest BCUT2D eigenvalue weighted by Crippen LogP contribution is 2.30. The quantitative estimate of drug-likeness (QED) is 0.413. The van der Waals surface area contributed by atoms with Crippen LogP contribution >= 0.6 is 0 Å². The Morgan fingerprint density at radius 1 is 0.806 bits per heavy atom. The Labute approximate surface area is 184 Å². The zero-order valence-corrected chi connectivity index (χ0v) is 18.4. The summed E-state index contributed by atoms with van der Waals surface area (Å²) in [6.07, 6.45) is -1.52. The molecule has 0 heterocycles. The lowest BCUT2D eigenvalue weighted by atomic mass is 10.00. The van der Waals surface area contributed by atoms with Crippen molar-refractivity contribution in [2.45, 2.75) is 51.7 Å². The van der Waals surface area contributed by atoms with Crippen molar-refractivity contribution in [3.05, 3.63) is 108 Å². The summed E-state index contributed by atoms with van der Waals surface area (Å²) in [5.41, 5.74) is 1.76. The summed E-state index contributed by atoms with van der Waals surface area (Å²) in [5, 5.41) is 0. The van der Waals surface area contributed by atoms with Crippen molar-refractivity contribution in [1.82, 2.24) is 4.90 Å². The fourth-order valence-corrected chi connectivity index (χ4v) is 3.52. The van der Waals surface area contributed by atoms with Crippen molar-refractivity contribution >= 4 is 5.97 Å². The van der Waals surface area contributed by atoms with Gasteiger partial charge in [-0.3, -0.25) is 9.69 Å². The fraction of sp³-hybridized carbons (Fsp3) is 0.296. The number of alkyl halides is 1. The van der Waals surface area contributed by atoms with E-state index < -0.39 is 23.8 Å². The largest absolute Gasteiger partial charge is 0.459 e. The molecule has 0 aliphatic carbocycles. The molecule has 0 unspecified atom stereocenters. The van der Waals surface area contributed by atoms with Crippen molar-refractivity contribution < 1.29 is 13.9 Å². The van der Waals surface area contributed by atoms with Crippen molar-refractivity contribution in [2.75, 3.05) is 0 Å². The summed E-state index contributed by atoms with van der Waals surface area (Å²) in [6.45, 7) is 6.25. The van der Waals surface area contributed by atoms with E-state index in [9.17, 15) is 4.79 Å². The third kappa shape index (κ3) is 6.76. The number of hydrogen-bond acceptors (Lipinski definition) is 3. The molecule has 3 rings (SSSR count). The molecule has 4 heteroatoms.